The molecule has 0 aromatic heterocycles. The van der Waals surface area contributed by atoms with E-state index in [-0.39, 0.29) is 17.8 Å². The molecule has 0 aliphatic heterocycles. The minimum atomic E-state index is -0.697. The van der Waals surface area contributed by atoms with Gasteiger partial charge in [-0.25, -0.2) is 0 Å². The first-order chi connectivity index (χ1) is 10.6. The van der Waals surface area contributed by atoms with Crippen molar-refractivity contribution in [1.29, 1.82) is 0 Å². The number of rotatable bonds is 9. The first-order valence-corrected chi connectivity index (χ1v) is 9.08. The van der Waals surface area contributed by atoms with Crippen molar-refractivity contribution in [2.45, 2.75) is 86.0 Å². The highest BCUT2D eigenvalue weighted by Crippen LogP contribution is 2.41. The van der Waals surface area contributed by atoms with Gasteiger partial charge >= 0.3 is 5.97 Å². The van der Waals surface area contributed by atoms with E-state index in [4.69, 9.17) is 5.11 Å². The summed E-state index contributed by atoms with van der Waals surface area (Å²) >= 11 is 0. The van der Waals surface area contributed by atoms with Crippen molar-refractivity contribution in [1.82, 2.24) is 0 Å². The standard InChI is InChI=1S/C20H34O3/c1-14(7-6-8-15(2)13-19(22)23)9-10-17-16(3)18(21)11-12-20(17,4)5/h14-15H,6-13H2,1-5H3,(H,22,23). The minimum Gasteiger partial charge on any atom is -0.481 e. The molecule has 0 spiro atoms. The van der Waals surface area contributed by atoms with Gasteiger partial charge in [0.2, 0.25) is 0 Å². The number of carboxylic acid groups (broad SMARTS) is 1. The molecule has 2 unspecified atom stereocenters. The molecule has 0 aromatic rings. The molecule has 1 aliphatic carbocycles. The van der Waals surface area contributed by atoms with E-state index in [2.05, 4.69) is 20.8 Å². The summed E-state index contributed by atoms with van der Waals surface area (Å²) in [5, 5.41) is 8.78. The first kappa shape index (κ1) is 19.9. The molecule has 1 aliphatic rings. The molecule has 0 radical (unpaired) electrons. The maximum absolute atomic E-state index is 12.0. The van der Waals surface area contributed by atoms with E-state index in [1.54, 1.807) is 0 Å². The van der Waals surface area contributed by atoms with E-state index in [0.29, 0.717) is 18.1 Å². The van der Waals surface area contributed by atoms with E-state index < -0.39 is 5.97 Å². The predicted octanol–water partition coefficient (Wildman–Crippen LogP) is 5.39. The Labute approximate surface area is 141 Å². The summed E-state index contributed by atoms with van der Waals surface area (Å²) in [6, 6.07) is 0. The van der Waals surface area contributed by atoms with Gasteiger partial charge in [0.15, 0.2) is 5.78 Å². The van der Waals surface area contributed by atoms with Crippen LogP contribution in [0.4, 0.5) is 0 Å². The average molecular weight is 322 g/mol. The largest absolute Gasteiger partial charge is 0.481 e. The topological polar surface area (TPSA) is 54.4 Å². The van der Waals surface area contributed by atoms with Gasteiger partial charge in [0.1, 0.15) is 0 Å². The normalized spacial score (nSPS) is 20.5. The van der Waals surface area contributed by atoms with Crippen LogP contribution in [0.2, 0.25) is 0 Å². The Bertz CT molecular complexity index is 460. The lowest BCUT2D eigenvalue weighted by Gasteiger charge is -2.34. The average Bonchev–Trinajstić information content (AvgIpc) is 2.42. The molecule has 0 aromatic carbocycles. The lowest BCUT2D eigenvalue weighted by Crippen LogP contribution is -2.25. The van der Waals surface area contributed by atoms with E-state index >= 15 is 0 Å². The van der Waals surface area contributed by atoms with Crippen molar-refractivity contribution in [2.24, 2.45) is 17.3 Å². The summed E-state index contributed by atoms with van der Waals surface area (Å²) in [5.41, 5.74) is 2.52. The highest BCUT2D eigenvalue weighted by atomic mass is 16.4. The lowest BCUT2D eigenvalue weighted by molar-refractivity contribution is -0.138. The molecule has 2 atom stereocenters. The second kappa shape index (κ2) is 8.65. The molecule has 3 nitrogen and oxygen atoms in total. The zero-order valence-electron chi connectivity index (χ0n) is 15.6. The quantitative estimate of drug-likeness (QED) is 0.619. The van der Waals surface area contributed by atoms with Gasteiger partial charge in [0.25, 0.3) is 0 Å². The Kier molecular flexibility index (Phi) is 7.50. The third-order valence-corrected chi connectivity index (χ3v) is 5.47. The molecule has 23 heavy (non-hydrogen) atoms. The fourth-order valence-corrected chi connectivity index (χ4v) is 3.72. The summed E-state index contributed by atoms with van der Waals surface area (Å²) < 4.78 is 0. The van der Waals surface area contributed by atoms with Crippen LogP contribution in [0.15, 0.2) is 11.1 Å². The van der Waals surface area contributed by atoms with E-state index in [1.165, 1.54) is 5.57 Å². The van der Waals surface area contributed by atoms with Crippen molar-refractivity contribution in [3.63, 3.8) is 0 Å². The number of carbonyl (C=O) groups excluding carboxylic acids is 1. The maximum Gasteiger partial charge on any atom is 0.303 e. The molecule has 1 N–H and O–H groups in total. The molecule has 0 fully saturated rings. The van der Waals surface area contributed by atoms with Gasteiger partial charge in [0.05, 0.1) is 0 Å². The number of ketones is 1. The zero-order valence-corrected chi connectivity index (χ0v) is 15.6. The molecular formula is C20H34O3. The Morgan fingerprint density at radius 2 is 1.78 bits per heavy atom. The van der Waals surface area contributed by atoms with Crippen LogP contribution < -0.4 is 0 Å². The summed E-state index contributed by atoms with van der Waals surface area (Å²) in [6.45, 7) is 10.8. The molecule has 132 valence electrons. The molecule has 3 heteroatoms. The van der Waals surface area contributed by atoms with E-state index in [9.17, 15) is 9.59 Å². The monoisotopic (exact) mass is 322 g/mol. The predicted molar refractivity (Wildman–Crippen MR) is 94.4 cm³/mol. The van der Waals surface area contributed by atoms with Crippen molar-refractivity contribution < 1.29 is 14.7 Å². The Morgan fingerprint density at radius 3 is 2.39 bits per heavy atom. The van der Waals surface area contributed by atoms with Crippen molar-refractivity contribution in [3.8, 4) is 0 Å². The van der Waals surface area contributed by atoms with Crippen LogP contribution in [0.25, 0.3) is 0 Å². The van der Waals surface area contributed by atoms with Crippen molar-refractivity contribution in [2.75, 3.05) is 0 Å². The molecule has 0 saturated heterocycles. The molecular weight excluding hydrogens is 288 g/mol. The SMILES string of the molecule is CC1=C(CCC(C)CCCC(C)CC(=O)O)C(C)(C)CCC1=O. The van der Waals surface area contributed by atoms with Crippen LogP contribution in [-0.2, 0) is 9.59 Å². The maximum atomic E-state index is 12.0. The summed E-state index contributed by atoms with van der Waals surface area (Å²) in [7, 11) is 0. The van der Waals surface area contributed by atoms with Crippen LogP contribution in [0, 0.1) is 17.3 Å². The van der Waals surface area contributed by atoms with E-state index in [1.807, 2.05) is 13.8 Å². The van der Waals surface area contributed by atoms with Crippen LogP contribution >= 0.6 is 0 Å². The second-order valence-corrected chi connectivity index (χ2v) is 8.19. The van der Waals surface area contributed by atoms with Gasteiger partial charge in [-0.3, -0.25) is 9.59 Å². The fraction of sp³-hybridized carbons (Fsp3) is 0.800. The highest BCUT2D eigenvalue weighted by molar-refractivity contribution is 5.96. The second-order valence-electron chi connectivity index (χ2n) is 8.19. The number of allylic oxidation sites excluding steroid dienone is 2. The number of carboxylic acids is 1. The number of Topliss-reactive ketones (excluding diaryl/α,β-unsaturated/α-hetero) is 1. The van der Waals surface area contributed by atoms with Gasteiger partial charge in [-0.2, -0.15) is 0 Å². The minimum absolute atomic E-state index is 0.160. The molecule has 0 bridgehead atoms. The number of aliphatic carboxylic acids is 1. The van der Waals surface area contributed by atoms with Gasteiger partial charge in [-0.05, 0) is 49.0 Å². The van der Waals surface area contributed by atoms with Crippen LogP contribution in [0.1, 0.15) is 86.0 Å². The number of hydrogen-bond acceptors (Lipinski definition) is 2. The van der Waals surface area contributed by atoms with Crippen LogP contribution in [-0.4, -0.2) is 16.9 Å². The Morgan fingerprint density at radius 1 is 1.17 bits per heavy atom. The fourth-order valence-electron chi connectivity index (χ4n) is 3.72. The molecule has 0 saturated carbocycles. The smallest absolute Gasteiger partial charge is 0.303 e. The number of hydrogen-bond donors (Lipinski definition) is 1. The van der Waals surface area contributed by atoms with Crippen molar-refractivity contribution >= 4 is 11.8 Å². The molecule has 1 rings (SSSR count). The molecule has 0 amide bonds. The summed E-state index contributed by atoms with van der Waals surface area (Å²) in [4.78, 5) is 22.6. The van der Waals surface area contributed by atoms with Crippen LogP contribution in [0.3, 0.4) is 0 Å². The lowest BCUT2D eigenvalue weighted by atomic mass is 9.70. The first-order valence-electron chi connectivity index (χ1n) is 9.08. The van der Waals surface area contributed by atoms with Gasteiger partial charge in [0, 0.05) is 12.8 Å². The van der Waals surface area contributed by atoms with Crippen molar-refractivity contribution in [3.05, 3.63) is 11.1 Å². The molecule has 0 heterocycles. The number of carbonyl (C=O) groups is 2. The van der Waals surface area contributed by atoms with Crippen LogP contribution in [0.5, 0.6) is 0 Å². The summed E-state index contributed by atoms with van der Waals surface area (Å²) in [6.07, 6.45) is 7.31. The Balaban J connectivity index is 2.40. The third kappa shape index (κ3) is 6.48. The van der Waals surface area contributed by atoms with Gasteiger partial charge < -0.3 is 5.11 Å². The highest BCUT2D eigenvalue weighted by Gasteiger charge is 2.31. The van der Waals surface area contributed by atoms with Gasteiger partial charge in [-0.1, -0.05) is 52.5 Å². The Hall–Kier alpha value is -1.12. The van der Waals surface area contributed by atoms with Gasteiger partial charge in [-0.15, -0.1) is 0 Å². The summed E-state index contributed by atoms with van der Waals surface area (Å²) in [5.74, 6) is 0.520. The third-order valence-electron chi connectivity index (χ3n) is 5.47. The van der Waals surface area contributed by atoms with E-state index in [0.717, 1.165) is 44.1 Å². The zero-order chi connectivity index (χ0) is 17.6.